The molecule has 1 aliphatic heterocycles. The van der Waals surface area contributed by atoms with E-state index in [4.69, 9.17) is 9.15 Å². The summed E-state index contributed by atoms with van der Waals surface area (Å²) in [6.07, 6.45) is -0.449. The fraction of sp³-hybridized carbons (Fsp3) is 0.200. The second kappa shape index (κ2) is 6.09. The van der Waals surface area contributed by atoms with E-state index in [9.17, 15) is 9.59 Å². The molecule has 25 heavy (non-hydrogen) atoms. The zero-order valence-corrected chi connectivity index (χ0v) is 13.7. The van der Waals surface area contributed by atoms with E-state index >= 15 is 0 Å². The summed E-state index contributed by atoms with van der Waals surface area (Å²) in [5, 5.41) is 3.85. The monoisotopic (exact) mass is 335 g/mol. The normalized spacial score (nSPS) is 17.6. The second-order valence-electron chi connectivity index (χ2n) is 6.17. The molecule has 1 N–H and O–H groups in total. The average Bonchev–Trinajstić information content (AvgIpc) is 3.06. The fourth-order valence-electron chi connectivity index (χ4n) is 3.07. The maximum absolute atomic E-state index is 12.5. The van der Waals surface area contributed by atoms with Crippen LogP contribution in [-0.4, -0.2) is 18.0 Å². The molecule has 1 aliphatic rings. The summed E-state index contributed by atoms with van der Waals surface area (Å²) in [7, 11) is 0. The van der Waals surface area contributed by atoms with Crippen LogP contribution >= 0.6 is 0 Å². The van der Waals surface area contributed by atoms with Crippen molar-refractivity contribution in [2.24, 2.45) is 0 Å². The van der Waals surface area contributed by atoms with Gasteiger partial charge in [0, 0.05) is 11.8 Å². The number of para-hydroxylation sites is 1. The lowest BCUT2D eigenvalue weighted by Crippen LogP contribution is -2.42. The summed E-state index contributed by atoms with van der Waals surface area (Å²) < 4.78 is 11.1. The highest BCUT2D eigenvalue weighted by Gasteiger charge is 2.32. The number of hydrogen-bond donors (Lipinski definition) is 1. The van der Waals surface area contributed by atoms with Crippen molar-refractivity contribution in [2.45, 2.75) is 25.5 Å². The van der Waals surface area contributed by atoms with Crippen molar-refractivity contribution >= 4 is 22.8 Å². The topological polar surface area (TPSA) is 68.5 Å². The standard InChI is InChI=1S/C20H17NO4/c1-12(17-11-14-7-3-5-9-16(14)24-17)21-19(22)18-10-13-6-2-4-8-15(13)20(23)25-18/h2-9,11-12,18H,10H2,1H3,(H,21,22)/t12-,18-/m1/s1. The van der Waals surface area contributed by atoms with E-state index in [1.807, 2.05) is 49.4 Å². The number of carbonyl (C=O) groups excluding carboxylic acids is 2. The smallest absolute Gasteiger partial charge is 0.339 e. The maximum atomic E-state index is 12.5. The molecule has 2 aromatic carbocycles. The van der Waals surface area contributed by atoms with Crippen molar-refractivity contribution in [1.82, 2.24) is 5.32 Å². The van der Waals surface area contributed by atoms with Crippen LogP contribution in [0.25, 0.3) is 11.0 Å². The Morgan fingerprint density at radius 2 is 1.92 bits per heavy atom. The number of furan rings is 1. The van der Waals surface area contributed by atoms with Crippen LogP contribution in [0.15, 0.2) is 59.0 Å². The first-order valence-electron chi connectivity index (χ1n) is 8.19. The van der Waals surface area contributed by atoms with Crippen molar-refractivity contribution < 1.29 is 18.7 Å². The number of amides is 1. The molecule has 2 atom stereocenters. The zero-order valence-electron chi connectivity index (χ0n) is 13.7. The number of rotatable bonds is 3. The quantitative estimate of drug-likeness (QED) is 0.745. The van der Waals surface area contributed by atoms with Crippen molar-refractivity contribution in [2.75, 3.05) is 0 Å². The molecule has 0 saturated heterocycles. The van der Waals surface area contributed by atoms with Gasteiger partial charge in [-0.3, -0.25) is 4.79 Å². The van der Waals surface area contributed by atoms with Crippen molar-refractivity contribution in [3.8, 4) is 0 Å². The van der Waals surface area contributed by atoms with Crippen LogP contribution in [0.4, 0.5) is 0 Å². The van der Waals surface area contributed by atoms with E-state index in [2.05, 4.69) is 5.32 Å². The Balaban J connectivity index is 1.49. The number of benzene rings is 2. The van der Waals surface area contributed by atoms with Crippen LogP contribution in [0.2, 0.25) is 0 Å². The summed E-state index contributed by atoms with van der Waals surface area (Å²) >= 11 is 0. The van der Waals surface area contributed by atoms with Gasteiger partial charge in [-0.05, 0) is 30.7 Å². The molecule has 5 heteroatoms. The van der Waals surface area contributed by atoms with Crippen LogP contribution in [0.3, 0.4) is 0 Å². The molecule has 0 bridgehead atoms. The van der Waals surface area contributed by atoms with Gasteiger partial charge in [-0.2, -0.15) is 0 Å². The minimum absolute atomic E-state index is 0.323. The average molecular weight is 335 g/mol. The lowest BCUT2D eigenvalue weighted by atomic mass is 9.98. The predicted octanol–water partition coefficient (Wildman–Crippen LogP) is 3.39. The SMILES string of the molecule is C[C@@H](NC(=O)[C@H]1Cc2ccccc2C(=O)O1)c1cc2ccccc2o1. The Bertz CT molecular complexity index is 926. The third-order valence-electron chi connectivity index (χ3n) is 4.41. The predicted molar refractivity (Wildman–Crippen MR) is 92.1 cm³/mol. The minimum atomic E-state index is -0.825. The molecule has 126 valence electrons. The van der Waals surface area contributed by atoms with Crippen LogP contribution in [0, 0.1) is 0 Å². The van der Waals surface area contributed by atoms with Gasteiger partial charge < -0.3 is 14.5 Å². The molecule has 4 rings (SSSR count). The molecule has 1 amide bonds. The van der Waals surface area contributed by atoms with E-state index in [-0.39, 0.29) is 11.9 Å². The largest absolute Gasteiger partial charge is 0.459 e. The third-order valence-corrected chi connectivity index (χ3v) is 4.41. The minimum Gasteiger partial charge on any atom is -0.459 e. The molecule has 0 fully saturated rings. The molecule has 0 spiro atoms. The molecule has 0 saturated carbocycles. The molecule has 0 unspecified atom stereocenters. The summed E-state index contributed by atoms with van der Waals surface area (Å²) in [5.41, 5.74) is 2.13. The van der Waals surface area contributed by atoms with Gasteiger partial charge in [0.05, 0.1) is 11.6 Å². The number of ether oxygens (including phenoxy) is 1. The Morgan fingerprint density at radius 3 is 2.76 bits per heavy atom. The molecule has 5 nitrogen and oxygen atoms in total. The van der Waals surface area contributed by atoms with E-state index in [0.717, 1.165) is 16.5 Å². The second-order valence-corrected chi connectivity index (χ2v) is 6.17. The number of carbonyl (C=O) groups is 2. The first-order chi connectivity index (χ1) is 12.1. The Kier molecular flexibility index (Phi) is 3.76. The number of nitrogens with one attached hydrogen (secondary N) is 1. The molecular weight excluding hydrogens is 318 g/mol. The van der Waals surface area contributed by atoms with Gasteiger partial charge in [-0.15, -0.1) is 0 Å². The summed E-state index contributed by atoms with van der Waals surface area (Å²) in [5.74, 6) is -0.119. The number of cyclic esters (lactones) is 1. The van der Waals surface area contributed by atoms with Crippen LogP contribution in [0.1, 0.15) is 34.6 Å². The molecule has 2 heterocycles. The van der Waals surface area contributed by atoms with E-state index < -0.39 is 12.1 Å². The van der Waals surface area contributed by atoms with Gasteiger partial charge in [-0.25, -0.2) is 4.79 Å². The Hall–Kier alpha value is -3.08. The van der Waals surface area contributed by atoms with Crippen LogP contribution in [0.5, 0.6) is 0 Å². The lowest BCUT2D eigenvalue weighted by molar-refractivity contribution is -0.131. The Labute approximate surface area is 144 Å². The van der Waals surface area contributed by atoms with Crippen molar-refractivity contribution in [1.29, 1.82) is 0 Å². The first kappa shape index (κ1) is 15.4. The first-order valence-corrected chi connectivity index (χ1v) is 8.19. The van der Waals surface area contributed by atoms with Gasteiger partial charge in [-0.1, -0.05) is 36.4 Å². The molecule has 0 radical (unpaired) electrons. The highest BCUT2D eigenvalue weighted by atomic mass is 16.5. The molecule has 1 aromatic heterocycles. The maximum Gasteiger partial charge on any atom is 0.339 e. The van der Waals surface area contributed by atoms with E-state index in [1.165, 1.54) is 0 Å². The van der Waals surface area contributed by atoms with Crippen LogP contribution < -0.4 is 5.32 Å². The van der Waals surface area contributed by atoms with Gasteiger partial charge in [0.15, 0.2) is 6.10 Å². The number of hydrogen-bond acceptors (Lipinski definition) is 4. The van der Waals surface area contributed by atoms with Gasteiger partial charge in [0.25, 0.3) is 5.91 Å². The third kappa shape index (κ3) is 2.89. The summed E-state index contributed by atoms with van der Waals surface area (Å²) in [4.78, 5) is 24.6. The Morgan fingerprint density at radius 1 is 1.16 bits per heavy atom. The van der Waals surface area contributed by atoms with Crippen LogP contribution in [-0.2, 0) is 16.0 Å². The van der Waals surface area contributed by atoms with Crippen molar-refractivity contribution in [3.05, 3.63) is 71.5 Å². The number of esters is 1. The molecular formula is C20H17NO4. The highest BCUT2D eigenvalue weighted by Crippen LogP contribution is 2.25. The van der Waals surface area contributed by atoms with Gasteiger partial charge >= 0.3 is 5.97 Å². The fourth-order valence-corrected chi connectivity index (χ4v) is 3.07. The summed E-state index contributed by atoms with van der Waals surface area (Å²) in [6.45, 7) is 1.84. The van der Waals surface area contributed by atoms with E-state index in [0.29, 0.717) is 17.7 Å². The zero-order chi connectivity index (χ0) is 17.4. The van der Waals surface area contributed by atoms with Gasteiger partial charge in [0.1, 0.15) is 11.3 Å². The number of fused-ring (bicyclic) bond motifs is 2. The summed E-state index contributed by atoms with van der Waals surface area (Å²) in [6, 6.07) is 16.4. The molecule has 0 aliphatic carbocycles. The lowest BCUT2D eigenvalue weighted by Gasteiger charge is -2.24. The van der Waals surface area contributed by atoms with Gasteiger partial charge in [0.2, 0.25) is 0 Å². The van der Waals surface area contributed by atoms with Crippen molar-refractivity contribution in [3.63, 3.8) is 0 Å². The highest BCUT2D eigenvalue weighted by molar-refractivity contribution is 5.95. The van der Waals surface area contributed by atoms with E-state index in [1.54, 1.807) is 12.1 Å². The molecule has 3 aromatic rings.